The molecule has 0 unspecified atom stereocenters. The zero-order chi connectivity index (χ0) is 19.3. The molecular weight excluding hydrogens is 354 g/mol. The van der Waals surface area contributed by atoms with E-state index in [4.69, 9.17) is 0 Å². The summed E-state index contributed by atoms with van der Waals surface area (Å²) in [4.78, 5) is 28.4. The number of amides is 3. The number of carbonyl (C=O) groups excluding carboxylic acids is 2. The summed E-state index contributed by atoms with van der Waals surface area (Å²) < 4.78 is 26.9. The van der Waals surface area contributed by atoms with Gasteiger partial charge in [0.25, 0.3) is 10.0 Å². The minimum Gasteiger partial charge on any atom is -0.342 e. The summed E-state index contributed by atoms with van der Waals surface area (Å²) in [5.41, 5.74) is 0.917. The van der Waals surface area contributed by atoms with Crippen molar-refractivity contribution in [3.63, 3.8) is 0 Å². The van der Waals surface area contributed by atoms with Gasteiger partial charge in [-0.05, 0) is 45.7 Å². The fourth-order valence-electron chi connectivity index (χ4n) is 2.96. The average Bonchev–Trinajstić information content (AvgIpc) is 3.15. The quantitative estimate of drug-likeness (QED) is 0.756. The van der Waals surface area contributed by atoms with Gasteiger partial charge in [0.15, 0.2) is 0 Å². The highest BCUT2D eigenvalue weighted by Crippen LogP contribution is 2.20. The zero-order valence-corrected chi connectivity index (χ0v) is 16.5. The molecule has 7 nitrogen and oxygen atoms in total. The minimum absolute atomic E-state index is 0.0167. The van der Waals surface area contributed by atoms with Gasteiger partial charge in [0, 0.05) is 26.2 Å². The molecule has 0 N–H and O–H groups in total. The van der Waals surface area contributed by atoms with E-state index in [-0.39, 0.29) is 10.8 Å². The highest BCUT2D eigenvalue weighted by atomic mass is 32.2. The van der Waals surface area contributed by atoms with Crippen LogP contribution in [0.4, 0.5) is 4.79 Å². The smallest absolute Gasteiger partial charge is 0.334 e. The van der Waals surface area contributed by atoms with Crippen LogP contribution in [0.3, 0.4) is 0 Å². The summed E-state index contributed by atoms with van der Waals surface area (Å²) in [6.45, 7) is 6.97. The Morgan fingerprint density at radius 1 is 1.04 bits per heavy atom. The summed E-state index contributed by atoms with van der Waals surface area (Å²) in [7, 11) is -4.10. The topological polar surface area (TPSA) is 78.0 Å². The third-order valence-electron chi connectivity index (χ3n) is 4.59. The molecule has 1 aromatic rings. The lowest BCUT2D eigenvalue weighted by molar-refractivity contribution is -0.130. The monoisotopic (exact) mass is 381 g/mol. The predicted molar refractivity (Wildman–Crippen MR) is 99.2 cm³/mol. The minimum atomic E-state index is -4.10. The summed E-state index contributed by atoms with van der Waals surface area (Å²) in [5.74, 6) is -0.377. The summed E-state index contributed by atoms with van der Waals surface area (Å²) >= 11 is 0. The number of aryl methyl sites for hydroxylation is 1. The molecular formula is C18H27N3O4S. The predicted octanol–water partition coefficient (Wildman–Crippen LogP) is 2.07. The zero-order valence-electron chi connectivity index (χ0n) is 15.6. The van der Waals surface area contributed by atoms with Gasteiger partial charge >= 0.3 is 6.03 Å². The van der Waals surface area contributed by atoms with Crippen LogP contribution in [-0.4, -0.2) is 67.2 Å². The Kier molecular flexibility index (Phi) is 6.63. The second kappa shape index (κ2) is 8.53. The molecule has 8 heteroatoms. The fourth-order valence-corrected chi connectivity index (χ4v) is 4.29. The fraction of sp³-hybridized carbons (Fsp3) is 0.556. The molecule has 1 heterocycles. The van der Waals surface area contributed by atoms with Crippen molar-refractivity contribution >= 4 is 22.0 Å². The summed E-state index contributed by atoms with van der Waals surface area (Å²) in [5, 5.41) is 0. The normalized spacial score (nSPS) is 14.3. The van der Waals surface area contributed by atoms with Crippen LogP contribution >= 0.6 is 0 Å². The van der Waals surface area contributed by atoms with Gasteiger partial charge in [0.05, 0.1) is 4.90 Å². The van der Waals surface area contributed by atoms with Crippen molar-refractivity contribution in [2.24, 2.45) is 0 Å². The number of hydrogen-bond acceptors (Lipinski definition) is 4. The first-order valence-corrected chi connectivity index (χ1v) is 10.4. The molecule has 1 aliphatic heterocycles. The van der Waals surface area contributed by atoms with Crippen LogP contribution in [-0.2, 0) is 14.8 Å². The van der Waals surface area contributed by atoms with Crippen LogP contribution < -0.4 is 0 Å². The van der Waals surface area contributed by atoms with Crippen molar-refractivity contribution in [1.82, 2.24) is 14.1 Å². The first kappa shape index (κ1) is 20.2. The van der Waals surface area contributed by atoms with Crippen molar-refractivity contribution in [3.05, 3.63) is 29.8 Å². The van der Waals surface area contributed by atoms with Crippen LogP contribution in [0.25, 0.3) is 0 Å². The average molecular weight is 381 g/mol. The lowest BCUT2D eigenvalue weighted by Crippen LogP contribution is -2.50. The first-order valence-electron chi connectivity index (χ1n) is 8.97. The molecule has 1 aromatic carbocycles. The Morgan fingerprint density at radius 3 is 2.08 bits per heavy atom. The number of nitrogens with zero attached hydrogens (tertiary/aromatic N) is 3. The van der Waals surface area contributed by atoms with Crippen LogP contribution in [0.5, 0.6) is 0 Å². The number of benzene rings is 1. The molecule has 26 heavy (non-hydrogen) atoms. The van der Waals surface area contributed by atoms with Gasteiger partial charge in [0.2, 0.25) is 5.91 Å². The molecule has 1 fully saturated rings. The largest absolute Gasteiger partial charge is 0.342 e. The Bertz CT molecular complexity index is 736. The summed E-state index contributed by atoms with van der Waals surface area (Å²) in [6, 6.07) is 5.67. The SMILES string of the molecule is CCN(CC)C(=O)CN(C(=O)N1CCCC1)S(=O)(=O)c1ccc(C)cc1. The second-order valence-electron chi connectivity index (χ2n) is 6.37. The van der Waals surface area contributed by atoms with Gasteiger partial charge in [0.1, 0.15) is 6.54 Å². The van der Waals surface area contributed by atoms with Crippen molar-refractivity contribution in [1.29, 1.82) is 0 Å². The van der Waals surface area contributed by atoms with Gasteiger partial charge in [-0.25, -0.2) is 17.5 Å². The van der Waals surface area contributed by atoms with E-state index in [0.717, 1.165) is 22.7 Å². The van der Waals surface area contributed by atoms with E-state index < -0.39 is 22.6 Å². The van der Waals surface area contributed by atoms with E-state index >= 15 is 0 Å². The first-order chi connectivity index (χ1) is 12.3. The Balaban J connectivity index is 2.36. The summed E-state index contributed by atoms with van der Waals surface area (Å²) in [6.07, 6.45) is 1.68. The van der Waals surface area contributed by atoms with Crippen LogP contribution in [0.1, 0.15) is 32.3 Å². The van der Waals surface area contributed by atoms with E-state index in [2.05, 4.69) is 0 Å². The van der Waals surface area contributed by atoms with E-state index in [1.54, 1.807) is 12.1 Å². The lowest BCUT2D eigenvalue weighted by atomic mass is 10.2. The third kappa shape index (κ3) is 4.35. The number of likely N-dealkylation sites (tertiary alicyclic amines) is 1. The molecule has 0 bridgehead atoms. The number of carbonyl (C=O) groups is 2. The lowest BCUT2D eigenvalue weighted by Gasteiger charge is -2.29. The third-order valence-corrected chi connectivity index (χ3v) is 6.33. The Morgan fingerprint density at radius 2 is 1.58 bits per heavy atom. The van der Waals surface area contributed by atoms with E-state index in [1.165, 1.54) is 21.9 Å². The van der Waals surface area contributed by atoms with Gasteiger partial charge in [-0.15, -0.1) is 0 Å². The number of likely N-dealkylation sites (N-methyl/N-ethyl adjacent to an activating group) is 1. The van der Waals surface area contributed by atoms with Gasteiger partial charge in [-0.1, -0.05) is 17.7 Å². The number of sulfonamides is 1. The second-order valence-corrected chi connectivity index (χ2v) is 8.23. The van der Waals surface area contributed by atoms with Crippen LogP contribution in [0.15, 0.2) is 29.2 Å². The van der Waals surface area contributed by atoms with E-state index in [0.29, 0.717) is 26.2 Å². The van der Waals surface area contributed by atoms with Crippen molar-refractivity contribution in [2.75, 3.05) is 32.7 Å². The molecule has 0 aromatic heterocycles. The van der Waals surface area contributed by atoms with E-state index in [9.17, 15) is 18.0 Å². The highest BCUT2D eigenvalue weighted by Gasteiger charge is 2.35. The molecule has 3 amide bonds. The molecule has 0 radical (unpaired) electrons. The van der Waals surface area contributed by atoms with Gasteiger partial charge < -0.3 is 9.80 Å². The van der Waals surface area contributed by atoms with Gasteiger partial charge in [-0.2, -0.15) is 0 Å². The van der Waals surface area contributed by atoms with Crippen LogP contribution in [0.2, 0.25) is 0 Å². The maximum absolute atomic E-state index is 13.1. The molecule has 144 valence electrons. The molecule has 0 aliphatic carbocycles. The number of urea groups is 1. The number of rotatable bonds is 6. The van der Waals surface area contributed by atoms with E-state index in [1.807, 2.05) is 20.8 Å². The molecule has 1 aliphatic rings. The van der Waals surface area contributed by atoms with Crippen molar-refractivity contribution in [2.45, 2.75) is 38.5 Å². The molecule has 0 atom stereocenters. The van der Waals surface area contributed by atoms with Crippen LogP contribution in [0, 0.1) is 6.92 Å². The Hall–Kier alpha value is -2.09. The molecule has 2 rings (SSSR count). The van der Waals surface area contributed by atoms with Crippen molar-refractivity contribution in [3.8, 4) is 0 Å². The standard InChI is InChI=1S/C18H27N3O4S/c1-4-19(5-2)17(22)14-21(18(23)20-12-6-7-13-20)26(24,25)16-10-8-15(3)9-11-16/h8-11H,4-7,12-14H2,1-3H3. The molecule has 0 spiro atoms. The van der Waals surface area contributed by atoms with Crippen molar-refractivity contribution < 1.29 is 18.0 Å². The molecule has 0 saturated carbocycles. The highest BCUT2D eigenvalue weighted by molar-refractivity contribution is 7.89. The Labute approximate surface area is 155 Å². The number of hydrogen-bond donors (Lipinski definition) is 0. The molecule has 1 saturated heterocycles. The maximum Gasteiger partial charge on any atom is 0.334 e. The van der Waals surface area contributed by atoms with Gasteiger partial charge in [-0.3, -0.25) is 4.79 Å². The maximum atomic E-state index is 13.1.